The molecule has 5 nitrogen and oxygen atoms in total. The summed E-state index contributed by atoms with van der Waals surface area (Å²) in [5.41, 5.74) is 5.50. The molecule has 182 valence electrons. The molecule has 6 heteroatoms. The summed E-state index contributed by atoms with van der Waals surface area (Å²) in [6, 6.07) is 21.9. The van der Waals surface area contributed by atoms with Crippen molar-refractivity contribution in [2.24, 2.45) is 0 Å². The van der Waals surface area contributed by atoms with Crippen LogP contribution in [-0.2, 0) is 24.2 Å². The number of imidazole rings is 1. The van der Waals surface area contributed by atoms with E-state index in [0.717, 1.165) is 59.5 Å². The van der Waals surface area contributed by atoms with E-state index in [1.54, 1.807) is 0 Å². The van der Waals surface area contributed by atoms with Gasteiger partial charge in [-0.1, -0.05) is 53.6 Å². The highest BCUT2D eigenvalue weighted by atomic mass is 35.5. The van der Waals surface area contributed by atoms with Crippen LogP contribution in [0.5, 0.6) is 5.75 Å². The zero-order valence-electron chi connectivity index (χ0n) is 20.4. The van der Waals surface area contributed by atoms with Gasteiger partial charge in [-0.2, -0.15) is 0 Å². The van der Waals surface area contributed by atoms with Crippen molar-refractivity contribution in [2.75, 3.05) is 13.2 Å². The molecule has 1 N–H and O–H groups in total. The summed E-state index contributed by atoms with van der Waals surface area (Å²) < 4.78 is 8.32. The number of rotatable bonds is 11. The lowest BCUT2D eigenvalue weighted by Crippen LogP contribution is -2.26. The molecule has 0 saturated heterocycles. The smallest absolute Gasteiger partial charge is 0.224 e. The number of amides is 1. The lowest BCUT2D eigenvalue weighted by atomic mass is 10.1. The van der Waals surface area contributed by atoms with Crippen LogP contribution in [0, 0.1) is 13.8 Å². The molecule has 3 aromatic carbocycles. The van der Waals surface area contributed by atoms with E-state index in [0.29, 0.717) is 24.6 Å². The zero-order valence-corrected chi connectivity index (χ0v) is 21.1. The van der Waals surface area contributed by atoms with Crippen molar-refractivity contribution >= 4 is 28.5 Å². The van der Waals surface area contributed by atoms with Crippen LogP contribution >= 0.6 is 11.6 Å². The van der Waals surface area contributed by atoms with Crippen LogP contribution in [0.25, 0.3) is 11.0 Å². The van der Waals surface area contributed by atoms with E-state index >= 15 is 0 Å². The first kappa shape index (κ1) is 24.8. The molecular formula is C29H32ClN3O2. The average Bonchev–Trinajstić information content (AvgIpc) is 3.19. The van der Waals surface area contributed by atoms with E-state index in [1.165, 1.54) is 5.56 Å². The Labute approximate surface area is 212 Å². The predicted octanol–water partition coefficient (Wildman–Crippen LogP) is 6.07. The second-order valence-electron chi connectivity index (χ2n) is 8.90. The third kappa shape index (κ3) is 6.86. The van der Waals surface area contributed by atoms with Crippen molar-refractivity contribution < 1.29 is 9.53 Å². The molecule has 0 aliphatic rings. The van der Waals surface area contributed by atoms with Crippen LogP contribution in [-0.4, -0.2) is 28.6 Å². The number of para-hydroxylation sites is 2. The maximum absolute atomic E-state index is 12.3. The van der Waals surface area contributed by atoms with Gasteiger partial charge in [0.1, 0.15) is 11.6 Å². The summed E-state index contributed by atoms with van der Waals surface area (Å²) in [6.07, 6.45) is 2.87. The molecule has 1 aromatic heterocycles. The number of benzene rings is 3. The summed E-state index contributed by atoms with van der Waals surface area (Å²) in [4.78, 5) is 17.1. The fourth-order valence-corrected chi connectivity index (χ4v) is 4.38. The Morgan fingerprint density at radius 1 is 1.03 bits per heavy atom. The Kier molecular flexibility index (Phi) is 8.43. The number of carbonyl (C=O) groups excluding carboxylic acids is 1. The highest BCUT2D eigenvalue weighted by Gasteiger charge is 2.11. The van der Waals surface area contributed by atoms with Gasteiger partial charge in [-0.05, 0) is 68.1 Å². The Bertz CT molecular complexity index is 1280. The monoisotopic (exact) mass is 489 g/mol. The number of fused-ring (bicyclic) bond motifs is 1. The Morgan fingerprint density at radius 2 is 1.83 bits per heavy atom. The number of carbonyl (C=O) groups is 1. The van der Waals surface area contributed by atoms with Crippen molar-refractivity contribution in [1.82, 2.24) is 14.9 Å². The molecule has 0 radical (unpaired) electrons. The van der Waals surface area contributed by atoms with E-state index in [2.05, 4.69) is 48.0 Å². The minimum absolute atomic E-state index is 0.0179. The number of nitrogens with zero attached hydrogens (tertiary/aromatic N) is 2. The van der Waals surface area contributed by atoms with Gasteiger partial charge < -0.3 is 14.6 Å². The lowest BCUT2D eigenvalue weighted by Gasteiger charge is -2.12. The maximum atomic E-state index is 12.3. The van der Waals surface area contributed by atoms with E-state index in [1.807, 2.05) is 42.5 Å². The molecule has 1 heterocycles. The van der Waals surface area contributed by atoms with Gasteiger partial charge in [-0.3, -0.25) is 4.79 Å². The fraction of sp³-hybridized carbons (Fsp3) is 0.310. The van der Waals surface area contributed by atoms with E-state index in [4.69, 9.17) is 21.3 Å². The van der Waals surface area contributed by atoms with Crippen LogP contribution in [0.4, 0.5) is 0 Å². The lowest BCUT2D eigenvalue weighted by molar-refractivity contribution is -0.120. The zero-order chi connectivity index (χ0) is 24.6. The summed E-state index contributed by atoms with van der Waals surface area (Å²) in [5, 5.41) is 3.69. The van der Waals surface area contributed by atoms with Crippen LogP contribution < -0.4 is 10.1 Å². The van der Waals surface area contributed by atoms with Gasteiger partial charge in [0.15, 0.2) is 0 Å². The SMILES string of the molecule is Cc1ccc(OCCCn2c(CCCNC(=O)Cc3ccc(Cl)cc3)nc3ccccc32)c(C)c1. The molecule has 0 spiro atoms. The number of aromatic nitrogens is 2. The number of hydrogen-bond acceptors (Lipinski definition) is 3. The van der Waals surface area contributed by atoms with Gasteiger partial charge in [-0.15, -0.1) is 0 Å². The van der Waals surface area contributed by atoms with Crippen LogP contribution in [0.15, 0.2) is 66.7 Å². The third-order valence-corrected chi connectivity index (χ3v) is 6.28. The van der Waals surface area contributed by atoms with Gasteiger partial charge in [0, 0.05) is 24.5 Å². The highest BCUT2D eigenvalue weighted by molar-refractivity contribution is 6.30. The molecule has 1 amide bonds. The molecule has 0 aliphatic carbocycles. The largest absolute Gasteiger partial charge is 0.493 e. The van der Waals surface area contributed by atoms with Crippen molar-refractivity contribution in [1.29, 1.82) is 0 Å². The molecular weight excluding hydrogens is 458 g/mol. The Balaban J connectivity index is 1.29. The van der Waals surface area contributed by atoms with Gasteiger partial charge in [0.2, 0.25) is 5.91 Å². The molecule has 0 bridgehead atoms. The van der Waals surface area contributed by atoms with Gasteiger partial charge in [-0.25, -0.2) is 4.98 Å². The van der Waals surface area contributed by atoms with Gasteiger partial charge in [0.05, 0.1) is 24.1 Å². The normalized spacial score (nSPS) is 11.1. The molecule has 4 rings (SSSR count). The van der Waals surface area contributed by atoms with Gasteiger partial charge in [0.25, 0.3) is 0 Å². The van der Waals surface area contributed by atoms with Crippen LogP contribution in [0.3, 0.4) is 0 Å². The molecule has 0 fully saturated rings. The Hall–Kier alpha value is -3.31. The molecule has 0 unspecified atom stereocenters. The molecule has 35 heavy (non-hydrogen) atoms. The first-order valence-electron chi connectivity index (χ1n) is 12.1. The number of hydrogen-bond donors (Lipinski definition) is 1. The first-order chi connectivity index (χ1) is 17.0. The highest BCUT2D eigenvalue weighted by Crippen LogP contribution is 2.20. The topological polar surface area (TPSA) is 56.1 Å². The summed E-state index contributed by atoms with van der Waals surface area (Å²) in [5.74, 6) is 2.01. The van der Waals surface area contributed by atoms with Crippen molar-refractivity contribution in [3.05, 3.63) is 94.3 Å². The molecule has 0 saturated carbocycles. The minimum atomic E-state index is 0.0179. The number of halogens is 1. The van der Waals surface area contributed by atoms with E-state index in [-0.39, 0.29) is 5.91 Å². The van der Waals surface area contributed by atoms with E-state index in [9.17, 15) is 4.79 Å². The number of aryl methyl sites for hydroxylation is 4. The van der Waals surface area contributed by atoms with Gasteiger partial charge >= 0.3 is 0 Å². The van der Waals surface area contributed by atoms with Crippen molar-refractivity contribution in [3.8, 4) is 5.75 Å². The Morgan fingerprint density at radius 3 is 2.63 bits per heavy atom. The second-order valence-corrected chi connectivity index (χ2v) is 9.33. The first-order valence-corrected chi connectivity index (χ1v) is 12.5. The van der Waals surface area contributed by atoms with Crippen molar-refractivity contribution in [2.45, 2.75) is 46.1 Å². The second kappa shape index (κ2) is 11.9. The summed E-state index contributed by atoms with van der Waals surface area (Å²) in [6.45, 7) is 6.28. The minimum Gasteiger partial charge on any atom is -0.493 e. The van der Waals surface area contributed by atoms with E-state index < -0.39 is 0 Å². The molecule has 0 atom stereocenters. The third-order valence-electron chi connectivity index (χ3n) is 6.02. The van der Waals surface area contributed by atoms with Crippen LogP contribution in [0.1, 0.15) is 35.4 Å². The predicted molar refractivity (Wildman–Crippen MR) is 142 cm³/mol. The molecule has 4 aromatic rings. The number of ether oxygens (including phenoxy) is 1. The average molecular weight is 490 g/mol. The van der Waals surface area contributed by atoms with Crippen LogP contribution in [0.2, 0.25) is 5.02 Å². The quantitative estimate of drug-likeness (QED) is 0.260. The molecule has 0 aliphatic heterocycles. The van der Waals surface area contributed by atoms with Crippen molar-refractivity contribution in [3.63, 3.8) is 0 Å². The number of nitrogens with one attached hydrogen (secondary N) is 1. The standard InChI is InChI=1S/C29H32ClN3O2/c1-21-10-15-27(22(2)19-21)35-18-6-17-33-26-8-4-3-7-25(26)32-28(33)9-5-16-31-29(34)20-23-11-13-24(30)14-12-23/h3-4,7-8,10-15,19H,5-6,9,16-18,20H2,1-2H3,(H,31,34). The summed E-state index contributed by atoms with van der Waals surface area (Å²) >= 11 is 5.91. The summed E-state index contributed by atoms with van der Waals surface area (Å²) in [7, 11) is 0. The maximum Gasteiger partial charge on any atom is 0.224 e. The fourth-order valence-electron chi connectivity index (χ4n) is 4.26.